The van der Waals surface area contributed by atoms with E-state index in [1.165, 1.54) is 0 Å². The lowest BCUT2D eigenvalue weighted by molar-refractivity contribution is -0.123. The van der Waals surface area contributed by atoms with Crippen molar-refractivity contribution < 1.29 is 9.90 Å². The van der Waals surface area contributed by atoms with Gasteiger partial charge in [0.05, 0.1) is 6.10 Å². The molecule has 5 heteroatoms. The molecule has 2 fully saturated rings. The van der Waals surface area contributed by atoms with Crippen molar-refractivity contribution in [2.75, 3.05) is 0 Å². The Hall–Kier alpha value is -0.770. The van der Waals surface area contributed by atoms with Crippen LogP contribution in [0, 0.1) is 5.92 Å². The number of benzene rings is 1. The van der Waals surface area contributed by atoms with E-state index in [0.717, 1.165) is 37.7 Å². The third-order valence-electron chi connectivity index (χ3n) is 4.53. The molecule has 3 rings (SSSR count). The van der Waals surface area contributed by atoms with Crippen LogP contribution in [0.1, 0.15) is 43.6 Å². The predicted molar refractivity (Wildman–Crippen MR) is 83.7 cm³/mol. The standard InChI is InChI=1S/C16H19Cl2NO2/c17-9-1-6-12(15(18)7-9)13-8-14(13)16(21)19-10-2-4-11(20)5-3-10/h1,6-7,10-11,13-14,20H,2-5,8H2,(H,19,21)/t10?,11?,13-,14-/m1/s1. The minimum Gasteiger partial charge on any atom is -0.393 e. The maximum absolute atomic E-state index is 12.3. The minimum absolute atomic E-state index is 0.0236. The van der Waals surface area contributed by atoms with Gasteiger partial charge in [0.25, 0.3) is 0 Å². The second kappa shape index (κ2) is 6.15. The maximum Gasteiger partial charge on any atom is 0.223 e. The normalized spacial score (nSPS) is 31.8. The van der Waals surface area contributed by atoms with Crippen LogP contribution in [-0.2, 0) is 4.79 Å². The highest BCUT2D eigenvalue weighted by molar-refractivity contribution is 6.35. The molecule has 0 radical (unpaired) electrons. The zero-order valence-electron chi connectivity index (χ0n) is 11.7. The number of rotatable bonds is 3. The van der Waals surface area contributed by atoms with Gasteiger partial charge in [-0.05, 0) is 55.7 Å². The summed E-state index contributed by atoms with van der Waals surface area (Å²) in [5.41, 5.74) is 1.01. The molecular weight excluding hydrogens is 309 g/mol. The third-order valence-corrected chi connectivity index (χ3v) is 5.09. The summed E-state index contributed by atoms with van der Waals surface area (Å²) in [7, 11) is 0. The van der Waals surface area contributed by atoms with Gasteiger partial charge in [-0.2, -0.15) is 0 Å². The van der Waals surface area contributed by atoms with Crippen LogP contribution in [0.25, 0.3) is 0 Å². The van der Waals surface area contributed by atoms with Gasteiger partial charge in [-0.25, -0.2) is 0 Å². The smallest absolute Gasteiger partial charge is 0.223 e. The largest absolute Gasteiger partial charge is 0.393 e. The van der Waals surface area contributed by atoms with E-state index in [-0.39, 0.29) is 29.9 Å². The Morgan fingerprint density at radius 1 is 1.19 bits per heavy atom. The van der Waals surface area contributed by atoms with Crippen molar-refractivity contribution >= 4 is 29.1 Å². The Morgan fingerprint density at radius 2 is 1.90 bits per heavy atom. The zero-order chi connectivity index (χ0) is 15.0. The van der Waals surface area contributed by atoms with Gasteiger partial charge in [0.1, 0.15) is 0 Å². The predicted octanol–water partition coefficient (Wildman–Crippen LogP) is 3.52. The van der Waals surface area contributed by atoms with E-state index >= 15 is 0 Å². The molecule has 0 saturated heterocycles. The molecule has 2 saturated carbocycles. The van der Waals surface area contributed by atoms with E-state index in [1.807, 2.05) is 12.1 Å². The summed E-state index contributed by atoms with van der Waals surface area (Å²) in [6.45, 7) is 0. The number of carbonyl (C=O) groups excluding carboxylic acids is 1. The average molecular weight is 328 g/mol. The lowest BCUT2D eigenvalue weighted by atomic mass is 9.93. The van der Waals surface area contributed by atoms with Crippen molar-refractivity contribution in [1.29, 1.82) is 0 Å². The number of hydrogen-bond acceptors (Lipinski definition) is 2. The summed E-state index contributed by atoms with van der Waals surface area (Å²) in [6.07, 6.45) is 3.95. The number of amides is 1. The van der Waals surface area contributed by atoms with E-state index in [4.69, 9.17) is 23.2 Å². The van der Waals surface area contributed by atoms with Crippen molar-refractivity contribution in [1.82, 2.24) is 5.32 Å². The van der Waals surface area contributed by atoms with E-state index in [0.29, 0.717) is 10.0 Å². The molecule has 0 aliphatic heterocycles. The molecule has 0 unspecified atom stereocenters. The second-order valence-corrected chi connectivity index (χ2v) is 6.97. The molecule has 2 N–H and O–H groups in total. The quantitative estimate of drug-likeness (QED) is 0.892. The van der Waals surface area contributed by atoms with E-state index in [9.17, 15) is 9.90 Å². The van der Waals surface area contributed by atoms with Gasteiger partial charge in [-0.15, -0.1) is 0 Å². The monoisotopic (exact) mass is 327 g/mol. The van der Waals surface area contributed by atoms with Gasteiger partial charge < -0.3 is 10.4 Å². The first-order chi connectivity index (χ1) is 10.0. The van der Waals surface area contributed by atoms with Crippen molar-refractivity contribution in [3.05, 3.63) is 33.8 Å². The molecule has 3 nitrogen and oxygen atoms in total. The maximum atomic E-state index is 12.3. The fourth-order valence-corrected chi connectivity index (χ4v) is 3.71. The van der Waals surface area contributed by atoms with Crippen LogP contribution in [0.5, 0.6) is 0 Å². The fraction of sp³-hybridized carbons (Fsp3) is 0.562. The molecule has 1 aromatic carbocycles. The van der Waals surface area contributed by atoms with Gasteiger partial charge in [-0.1, -0.05) is 29.3 Å². The Balaban J connectivity index is 1.56. The molecular formula is C16H19Cl2NO2. The first-order valence-corrected chi connectivity index (χ1v) is 8.23. The number of hydrogen-bond donors (Lipinski definition) is 2. The van der Waals surface area contributed by atoms with Gasteiger partial charge in [0.2, 0.25) is 5.91 Å². The lowest BCUT2D eigenvalue weighted by Gasteiger charge is -2.26. The van der Waals surface area contributed by atoms with Crippen LogP contribution in [0.3, 0.4) is 0 Å². The van der Waals surface area contributed by atoms with Crippen molar-refractivity contribution in [3.63, 3.8) is 0 Å². The molecule has 1 amide bonds. The highest BCUT2D eigenvalue weighted by Gasteiger charge is 2.45. The molecule has 0 aromatic heterocycles. The molecule has 21 heavy (non-hydrogen) atoms. The SMILES string of the molecule is O=C(NC1CCC(O)CC1)[C@@H]1C[C@@H]1c1ccc(Cl)cc1Cl. The van der Waals surface area contributed by atoms with Crippen LogP contribution in [0.15, 0.2) is 18.2 Å². The summed E-state index contributed by atoms with van der Waals surface area (Å²) in [6, 6.07) is 5.68. The van der Waals surface area contributed by atoms with Gasteiger partial charge in [0.15, 0.2) is 0 Å². The zero-order valence-corrected chi connectivity index (χ0v) is 13.2. The van der Waals surface area contributed by atoms with Gasteiger partial charge in [-0.3, -0.25) is 4.79 Å². The fourth-order valence-electron chi connectivity index (χ4n) is 3.16. The van der Waals surface area contributed by atoms with Gasteiger partial charge in [0, 0.05) is 22.0 Å². The molecule has 1 aromatic rings. The van der Waals surface area contributed by atoms with Crippen LogP contribution >= 0.6 is 23.2 Å². The third kappa shape index (κ3) is 3.53. The summed E-state index contributed by atoms with van der Waals surface area (Å²) >= 11 is 12.1. The molecule has 0 heterocycles. The Morgan fingerprint density at radius 3 is 2.57 bits per heavy atom. The number of nitrogens with one attached hydrogen (secondary N) is 1. The number of aliphatic hydroxyl groups excluding tert-OH is 1. The molecule has 0 bridgehead atoms. The van der Waals surface area contributed by atoms with Crippen molar-refractivity contribution in [3.8, 4) is 0 Å². The number of halogens is 2. The Labute approximate surface area is 134 Å². The van der Waals surface area contributed by atoms with Crippen molar-refractivity contribution in [2.45, 2.75) is 50.2 Å². The van der Waals surface area contributed by atoms with E-state index < -0.39 is 0 Å². The molecule has 2 aliphatic carbocycles. The Bertz CT molecular complexity index is 541. The molecule has 2 atom stereocenters. The highest BCUT2D eigenvalue weighted by Crippen LogP contribution is 2.50. The number of carbonyl (C=O) groups is 1. The summed E-state index contributed by atoms with van der Waals surface area (Å²) in [4.78, 5) is 12.3. The van der Waals surface area contributed by atoms with E-state index in [1.54, 1.807) is 6.07 Å². The highest BCUT2D eigenvalue weighted by atomic mass is 35.5. The summed E-state index contributed by atoms with van der Waals surface area (Å²) < 4.78 is 0. The van der Waals surface area contributed by atoms with Gasteiger partial charge >= 0.3 is 0 Å². The molecule has 0 spiro atoms. The number of aliphatic hydroxyl groups is 1. The lowest BCUT2D eigenvalue weighted by Crippen LogP contribution is -2.39. The minimum atomic E-state index is -0.195. The van der Waals surface area contributed by atoms with Crippen LogP contribution in [0.4, 0.5) is 0 Å². The second-order valence-electron chi connectivity index (χ2n) is 6.13. The molecule has 114 valence electrons. The van der Waals surface area contributed by atoms with E-state index in [2.05, 4.69) is 5.32 Å². The topological polar surface area (TPSA) is 49.3 Å². The van der Waals surface area contributed by atoms with Crippen LogP contribution in [0.2, 0.25) is 10.0 Å². The Kier molecular flexibility index (Phi) is 4.43. The summed E-state index contributed by atoms with van der Waals surface area (Å²) in [5.74, 6) is 0.354. The summed E-state index contributed by atoms with van der Waals surface area (Å²) in [5, 5.41) is 13.9. The first kappa shape index (κ1) is 15.1. The molecule has 2 aliphatic rings. The van der Waals surface area contributed by atoms with Crippen molar-refractivity contribution in [2.24, 2.45) is 5.92 Å². The van der Waals surface area contributed by atoms with Crippen LogP contribution < -0.4 is 5.32 Å². The first-order valence-electron chi connectivity index (χ1n) is 7.48. The average Bonchev–Trinajstić information content (AvgIpc) is 3.21. The van der Waals surface area contributed by atoms with Crippen LogP contribution in [-0.4, -0.2) is 23.2 Å².